The van der Waals surface area contributed by atoms with Gasteiger partial charge in [0.15, 0.2) is 0 Å². The first-order chi connectivity index (χ1) is 36.8. The molecule has 1 fully saturated rings. The molecule has 24 nitrogen and oxygen atoms in total. The zero-order chi connectivity index (χ0) is 55.8. The molecular formula is C53H64N10O14. The number of ether oxygens (including phenoxy) is 1. The number of rotatable bonds is 26. The van der Waals surface area contributed by atoms with Crippen LogP contribution in [-0.4, -0.2) is 155 Å². The molecule has 3 aromatic carbocycles. The van der Waals surface area contributed by atoms with Crippen LogP contribution in [0.25, 0.3) is 22.0 Å². The minimum absolute atomic E-state index is 0.0190. The number of para-hydroxylation sites is 1. The number of nitrogens with zero attached hydrogens (tertiary/aromatic N) is 1. The van der Waals surface area contributed by atoms with Gasteiger partial charge in [0, 0.05) is 42.4 Å². The van der Waals surface area contributed by atoms with Gasteiger partial charge in [-0.25, -0.2) is 4.79 Å². The summed E-state index contributed by atoms with van der Waals surface area (Å²) < 4.78 is 5.54. The van der Waals surface area contributed by atoms with E-state index in [2.05, 4.69) is 47.5 Å². The van der Waals surface area contributed by atoms with E-state index in [0.717, 1.165) is 33.2 Å². The number of benzene rings is 3. The Balaban J connectivity index is 0.961. The molecule has 1 aliphatic heterocycles. The predicted octanol–water partition coefficient (Wildman–Crippen LogP) is 0.543. The SMILES string of the molecule is CC[C@H](C)[C@H](NC(=O)CNC(=O)[C@H](CCC(=O)O)NC(=O)[C@@H]1CCCN1C(=O)CNC(=O)OCC1c2ccccc2-c2ccccc21)C(=O)N[C@@H](C)C(=O)NCC(=O)N[C@@H](Cc1c[nH]c2ccccc12)C(=O)NCC(=O)O. The molecule has 6 atom stereocenters. The molecule has 24 heteroatoms. The molecule has 1 saturated heterocycles. The Bertz CT molecular complexity index is 2830. The van der Waals surface area contributed by atoms with Crippen LogP contribution in [0.5, 0.6) is 0 Å². The van der Waals surface area contributed by atoms with Crippen LogP contribution in [0.4, 0.5) is 4.79 Å². The van der Waals surface area contributed by atoms with Crippen molar-refractivity contribution >= 4 is 76.2 Å². The van der Waals surface area contributed by atoms with Crippen LogP contribution < -0.4 is 42.5 Å². The van der Waals surface area contributed by atoms with Gasteiger partial charge in [0.25, 0.3) is 0 Å². The highest BCUT2D eigenvalue weighted by molar-refractivity contribution is 5.97. The van der Waals surface area contributed by atoms with E-state index in [-0.39, 0.29) is 38.3 Å². The lowest BCUT2D eigenvalue weighted by molar-refractivity contribution is -0.140. The lowest BCUT2D eigenvalue weighted by atomic mass is 9.98. The number of carbonyl (C=O) groups is 11. The van der Waals surface area contributed by atoms with E-state index in [9.17, 15) is 57.8 Å². The molecule has 6 rings (SSSR count). The minimum Gasteiger partial charge on any atom is -0.481 e. The summed E-state index contributed by atoms with van der Waals surface area (Å²) in [6.07, 6.45) is 0.872. The number of carbonyl (C=O) groups excluding carboxylic acids is 9. The highest BCUT2D eigenvalue weighted by atomic mass is 16.5. The molecule has 0 unspecified atom stereocenters. The van der Waals surface area contributed by atoms with Crippen LogP contribution >= 0.6 is 0 Å². The fourth-order valence-corrected chi connectivity index (χ4v) is 9.21. The van der Waals surface area contributed by atoms with E-state index < -0.39 is 134 Å². The number of nitrogens with one attached hydrogen (secondary N) is 9. The summed E-state index contributed by atoms with van der Waals surface area (Å²) in [6.45, 7) is 2.38. The van der Waals surface area contributed by atoms with Crippen LogP contribution in [0.2, 0.25) is 0 Å². The first kappa shape index (κ1) is 57.4. The van der Waals surface area contributed by atoms with Crippen molar-refractivity contribution in [2.75, 3.05) is 39.3 Å². The van der Waals surface area contributed by atoms with Crippen LogP contribution in [0.15, 0.2) is 79.0 Å². The summed E-state index contributed by atoms with van der Waals surface area (Å²) in [5, 5.41) is 38.8. The number of carboxylic acids is 2. The molecule has 4 aromatic rings. The summed E-state index contributed by atoms with van der Waals surface area (Å²) in [6, 6.07) is 16.6. The second-order valence-corrected chi connectivity index (χ2v) is 18.8. The van der Waals surface area contributed by atoms with Crippen molar-refractivity contribution in [2.24, 2.45) is 5.92 Å². The number of amides is 9. The van der Waals surface area contributed by atoms with Gasteiger partial charge in [-0.15, -0.1) is 0 Å². The molecule has 2 aliphatic rings. The van der Waals surface area contributed by atoms with Crippen molar-refractivity contribution in [1.29, 1.82) is 0 Å². The summed E-state index contributed by atoms with van der Waals surface area (Å²) >= 11 is 0. The maximum Gasteiger partial charge on any atom is 0.407 e. The number of aromatic amines is 1. The molecule has 0 radical (unpaired) electrons. The van der Waals surface area contributed by atoms with Crippen LogP contribution in [0, 0.1) is 5.92 Å². The maximum absolute atomic E-state index is 13.6. The highest BCUT2D eigenvalue weighted by Gasteiger charge is 2.37. The largest absolute Gasteiger partial charge is 0.481 e. The van der Waals surface area contributed by atoms with Crippen molar-refractivity contribution in [3.63, 3.8) is 0 Å². The van der Waals surface area contributed by atoms with E-state index in [1.165, 1.54) is 11.8 Å². The van der Waals surface area contributed by atoms with Gasteiger partial charge in [-0.2, -0.15) is 0 Å². The molecule has 1 aromatic heterocycles. The van der Waals surface area contributed by atoms with Crippen molar-refractivity contribution < 1.29 is 67.7 Å². The van der Waals surface area contributed by atoms with Crippen LogP contribution in [0.1, 0.15) is 75.5 Å². The van der Waals surface area contributed by atoms with Gasteiger partial charge >= 0.3 is 18.0 Å². The molecule has 410 valence electrons. The number of aliphatic carboxylic acids is 2. The third-order valence-electron chi connectivity index (χ3n) is 13.5. The van der Waals surface area contributed by atoms with Gasteiger partial charge in [-0.3, -0.25) is 47.9 Å². The lowest BCUT2D eigenvalue weighted by Crippen LogP contribution is -2.57. The zero-order valence-electron chi connectivity index (χ0n) is 42.8. The number of fused-ring (bicyclic) bond motifs is 4. The number of carboxylic acid groups (broad SMARTS) is 2. The first-order valence-corrected chi connectivity index (χ1v) is 25.2. The molecular weight excluding hydrogens is 1000 g/mol. The summed E-state index contributed by atoms with van der Waals surface area (Å²) in [5.41, 5.74) is 5.55. The molecule has 0 bridgehead atoms. The monoisotopic (exact) mass is 1060 g/mol. The number of alkyl carbamates (subject to hydrolysis) is 1. The molecule has 0 spiro atoms. The lowest BCUT2D eigenvalue weighted by Gasteiger charge is -2.27. The zero-order valence-corrected chi connectivity index (χ0v) is 42.8. The quantitative estimate of drug-likeness (QED) is 0.0409. The second kappa shape index (κ2) is 27.1. The van der Waals surface area contributed by atoms with Gasteiger partial charge in [0.1, 0.15) is 49.9 Å². The van der Waals surface area contributed by atoms with Crippen LogP contribution in [0.3, 0.4) is 0 Å². The Kier molecular flexibility index (Phi) is 20.2. The Morgan fingerprint density at radius 1 is 0.675 bits per heavy atom. The van der Waals surface area contributed by atoms with Crippen LogP contribution in [-0.2, 0) is 59.1 Å². The number of hydrogen-bond donors (Lipinski definition) is 11. The van der Waals surface area contributed by atoms with Gasteiger partial charge < -0.3 is 67.4 Å². The molecule has 77 heavy (non-hydrogen) atoms. The smallest absolute Gasteiger partial charge is 0.407 e. The molecule has 0 saturated carbocycles. The number of H-pyrrole nitrogens is 1. The van der Waals surface area contributed by atoms with E-state index in [1.807, 2.05) is 66.7 Å². The number of aromatic nitrogens is 1. The average Bonchev–Trinajstić information content (AvgIpc) is 4.19. The molecule has 9 amide bonds. The Morgan fingerprint density at radius 3 is 1.95 bits per heavy atom. The normalized spacial score (nSPS) is 15.5. The second-order valence-electron chi connectivity index (χ2n) is 18.8. The Morgan fingerprint density at radius 2 is 1.29 bits per heavy atom. The number of likely N-dealkylation sites (tertiary alicyclic amines) is 1. The highest BCUT2D eigenvalue weighted by Crippen LogP contribution is 2.44. The fraction of sp³-hybridized carbons (Fsp3) is 0.415. The molecule has 1 aliphatic carbocycles. The predicted molar refractivity (Wildman–Crippen MR) is 276 cm³/mol. The molecule has 2 heterocycles. The van der Waals surface area contributed by atoms with Crippen molar-refractivity contribution in [3.8, 4) is 11.1 Å². The van der Waals surface area contributed by atoms with Crippen molar-refractivity contribution in [1.82, 2.24) is 52.4 Å². The summed E-state index contributed by atoms with van der Waals surface area (Å²) in [7, 11) is 0. The standard InChI is InChI=1S/C53H64N10O14/c1-4-29(2)47(52(75)59-30(3)48(71)55-24-42(64)60-40(50(73)57-27-46(69)70)22-31-23-54-38-17-10-9-12-32(31)38)62-43(65)25-56-49(72)39(19-20-45(67)68)61-51(74)41-18-11-21-63(41)44(66)26-58-53(76)77-28-37-35-15-7-5-13-33(35)34-14-6-8-16-36(34)37/h5-10,12-17,23,29-30,37,39-41,47,54H,4,11,18-22,24-28H2,1-3H3,(H,55,71)(H,56,72)(H,57,73)(H,58,76)(H,59,75)(H,60,64)(H,61,74)(H,62,65)(H,67,68)(H,69,70)/t29-,30-,39-,40-,41-,47-/m0/s1. The molecule has 11 N–H and O–H groups in total. The van der Waals surface area contributed by atoms with E-state index in [1.54, 1.807) is 26.1 Å². The van der Waals surface area contributed by atoms with E-state index in [0.29, 0.717) is 18.4 Å². The Hall–Kier alpha value is -8.83. The van der Waals surface area contributed by atoms with Gasteiger partial charge in [-0.05, 0) is 66.0 Å². The van der Waals surface area contributed by atoms with Gasteiger partial charge in [-0.1, -0.05) is 87.0 Å². The van der Waals surface area contributed by atoms with Crippen molar-refractivity contribution in [2.45, 2.75) is 95.4 Å². The Labute approximate surface area is 442 Å². The van der Waals surface area contributed by atoms with Gasteiger partial charge in [0.2, 0.25) is 47.3 Å². The third-order valence-corrected chi connectivity index (χ3v) is 13.5. The minimum atomic E-state index is -1.46. The topological polar surface area (TPSA) is 353 Å². The van der Waals surface area contributed by atoms with Crippen molar-refractivity contribution in [3.05, 3.63) is 95.7 Å². The maximum atomic E-state index is 13.6. The fourth-order valence-electron chi connectivity index (χ4n) is 9.21. The average molecular weight is 1070 g/mol. The van der Waals surface area contributed by atoms with E-state index >= 15 is 0 Å². The van der Waals surface area contributed by atoms with Gasteiger partial charge in [0.05, 0.1) is 13.1 Å². The third kappa shape index (κ3) is 15.6. The summed E-state index contributed by atoms with van der Waals surface area (Å²) in [5.74, 6) is -9.56. The van der Waals surface area contributed by atoms with E-state index in [4.69, 9.17) is 9.84 Å². The number of hydrogen-bond acceptors (Lipinski definition) is 12. The first-order valence-electron chi connectivity index (χ1n) is 25.2. The summed E-state index contributed by atoms with van der Waals surface area (Å²) in [4.78, 5) is 146.